The zero-order valence-electron chi connectivity index (χ0n) is 14.0. The minimum atomic E-state index is -2.82. The van der Waals surface area contributed by atoms with Gasteiger partial charge in [0.15, 0.2) is 0 Å². The fraction of sp³-hybridized carbons (Fsp3) is 1.00. The quantitative estimate of drug-likeness (QED) is 0.404. The summed E-state index contributed by atoms with van der Waals surface area (Å²) >= 11 is 0. The number of hydrogen-bond donors (Lipinski definition) is 0. The average Bonchev–Trinajstić information content (AvgIpc) is 2.36. The summed E-state index contributed by atoms with van der Waals surface area (Å²) in [6.45, 7) is 4.45. The van der Waals surface area contributed by atoms with E-state index >= 15 is 0 Å². The average molecular weight is 305 g/mol. The molecule has 20 heavy (non-hydrogen) atoms. The molecule has 0 rings (SSSR count). The Morgan fingerprint density at radius 1 is 0.700 bits per heavy atom. The second-order valence-corrected chi connectivity index (χ2v) is 8.55. The monoisotopic (exact) mass is 304 g/mol. The van der Waals surface area contributed by atoms with E-state index in [1.165, 1.54) is 70.5 Å². The topological polar surface area (TPSA) is 34.1 Å². The first kappa shape index (κ1) is 19.9. The van der Waals surface area contributed by atoms with Gasteiger partial charge in [0.2, 0.25) is 0 Å². The zero-order chi connectivity index (χ0) is 15.3. The molecule has 0 saturated heterocycles. The van der Waals surface area contributed by atoms with E-state index in [0.29, 0.717) is 11.7 Å². The van der Waals surface area contributed by atoms with Crippen molar-refractivity contribution in [2.75, 3.05) is 12.0 Å². The van der Waals surface area contributed by atoms with E-state index in [2.05, 4.69) is 13.8 Å². The summed E-state index contributed by atoms with van der Waals surface area (Å²) in [5.74, 6) is 0.793. The highest BCUT2D eigenvalue weighted by molar-refractivity contribution is 7.90. The first-order valence-electron chi connectivity index (χ1n) is 8.67. The summed E-state index contributed by atoms with van der Waals surface area (Å²) in [6, 6.07) is 0. The van der Waals surface area contributed by atoms with Crippen LogP contribution in [0, 0.1) is 5.92 Å². The van der Waals surface area contributed by atoms with Gasteiger partial charge in [0.1, 0.15) is 9.84 Å². The van der Waals surface area contributed by atoms with Crippen LogP contribution in [0.2, 0.25) is 0 Å². The Kier molecular flexibility index (Phi) is 12.6. The molecule has 0 saturated carbocycles. The smallest absolute Gasteiger partial charge is 0.147 e. The maximum absolute atomic E-state index is 11.5. The van der Waals surface area contributed by atoms with Gasteiger partial charge in [-0.25, -0.2) is 8.42 Å². The molecule has 0 aliphatic heterocycles. The van der Waals surface area contributed by atoms with Crippen molar-refractivity contribution in [2.24, 2.45) is 5.92 Å². The lowest BCUT2D eigenvalue weighted by Crippen LogP contribution is -2.15. The molecule has 3 heteroatoms. The normalized spacial score (nSPS) is 13.6. The summed E-state index contributed by atoms with van der Waals surface area (Å²) < 4.78 is 23.0. The van der Waals surface area contributed by atoms with Gasteiger partial charge in [0, 0.05) is 6.26 Å². The standard InChI is InChI=1S/C17H36O2S/c1-4-6-8-10-11-13-15-17(16-20(3,18)19)14-12-9-7-5-2/h17H,4-16H2,1-3H3. The third kappa shape index (κ3) is 14.4. The van der Waals surface area contributed by atoms with Crippen LogP contribution in [0.5, 0.6) is 0 Å². The third-order valence-corrected chi connectivity index (χ3v) is 5.05. The number of hydrogen-bond acceptors (Lipinski definition) is 2. The molecule has 0 bridgehead atoms. The third-order valence-electron chi connectivity index (χ3n) is 3.97. The highest BCUT2D eigenvalue weighted by atomic mass is 32.2. The largest absolute Gasteiger partial charge is 0.229 e. The summed E-state index contributed by atoms with van der Waals surface area (Å²) in [6.07, 6.45) is 16.3. The molecule has 0 radical (unpaired) electrons. The molecule has 0 aromatic carbocycles. The molecule has 0 aromatic heterocycles. The van der Waals surface area contributed by atoms with Crippen LogP contribution in [0.25, 0.3) is 0 Å². The van der Waals surface area contributed by atoms with E-state index in [4.69, 9.17) is 0 Å². The Morgan fingerprint density at radius 2 is 1.10 bits per heavy atom. The SMILES string of the molecule is CCCCCCCCC(CCCCCC)CS(C)(=O)=O. The molecule has 0 amide bonds. The fourth-order valence-electron chi connectivity index (χ4n) is 2.81. The van der Waals surface area contributed by atoms with E-state index in [0.717, 1.165) is 12.8 Å². The number of sulfone groups is 1. The molecule has 0 aromatic rings. The van der Waals surface area contributed by atoms with Crippen molar-refractivity contribution in [3.05, 3.63) is 0 Å². The van der Waals surface area contributed by atoms with Crippen LogP contribution in [0.1, 0.15) is 90.9 Å². The Balaban J connectivity index is 3.86. The molecule has 1 atom stereocenters. The van der Waals surface area contributed by atoms with E-state index in [9.17, 15) is 8.42 Å². The van der Waals surface area contributed by atoms with Crippen LogP contribution < -0.4 is 0 Å². The lowest BCUT2D eigenvalue weighted by atomic mass is 9.96. The molecular weight excluding hydrogens is 268 g/mol. The van der Waals surface area contributed by atoms with Gasteiger partial charge in [0.05, 0.1) is 5.75 Å². The van der Waals surface area contributed by atoms with E-state index in [1.807, 2.05) is 0 Å². The number of rotatable bonds is 14. The van der Waals surface area contributed by atoms with Crippen LogP contribution in [0.4, 0.5) is 0 Å². The second-order valence-electron chi connectivity index (χ2n) is 6.36. The van der Waals surface area contributed by atoms with Crippen LogP contribution in [-0.4, -0.2) is 20.4 Å². The van der Waals surface area contributed by atoms with E-state index < -0.39 is 9.84 Å². The maximum Gasteiger partial charge on any atom is 0.147 e. The molecule has 122 valence electrons. The van der Waals surface area contributed by atoms with Crippen molar-refractivity contribution in [2.45, 2.75) is 90.9 Å². The van der Waals surface area contributed by atoms with Gasteiger partial charge in [-0.1, -0.05) is 78.1 Å². The van der Waals surface area contributed by atoms with Crippen LogP contribution in [0.3, 0.4) is 0 Å². The molecule has 0 aliphatic rings. The predicted molar refractivity (Wildman–Crippen MR) is 90.0 cm³/mol. The van der Waals surface area contributed by atoms with Crippen molar-refractivity contribution < 1.29 is 8.42 Å². The fourth-order valence-corrected chi connectivity index (χ4v) is 4.00. The summed E-state index contributed by atoms with van der Waals surface area (Å²) in [5.41, 5.74) is 0. The van der Waals surface area contributed by atoms with Gasteiger partial charge >= 0.3 is 0 Å². The van der Waals surface area contributed by atoms with Crippen LogP contribution in [-0.2, 0) is 9.84 Å². The lowest BCUT2D eigenvalue weighted by molar-refractivity contribution is 0.432. The van der Waals surface area contributed by atoms with Gasteiger partial charge in [-0.2, -0.15) is 0 Å². The Labute approximate surface area is 127 Å². The van der Waals surface area contributed by atoms with Crippen molar-refractivity contribution in [1.82, 2.24) is 0 Å². The van der Waals surface area contributed by atoms with Crippen molar-refractivity contribution in [3.63, 3.8) is 0 Å². The van der Waals surface area contributed by atoms with Crippen molar-refractivity contribution in [1.29, 1.82) is 0 Å². The first-order chi connectivity index (χ1) is 9.49. The zero-order valence-corrected chi connectivity index (χ0v) is 14.8. The molecule has 0 fully saturated rings. The summed E-state index contributed by atoms with van der Waals surface area (Å²) in [4.78, 5) is 0. The summed E-state index contributed by atoms with van der Waals surface area (Å²) in [5, 5.41) is 0. The molecular formula is C17H36O2S. The molecule has 2 nitrogen and oxygen atoms in total. The van der Waals surface area contributed by atoms with E-state index in [-0.39, 0.29) is 0 Å². The summed E-state index contributed by atoms with van der Waals surface area (Å²) in [7, 11) is -2.82. The molecule has 0 N–H and O–H groups in total. The van der Waals surface area contributed by atoms with Crippen LogP contribution >= 0.6 is 0 Å². The lowest BCUT2D eigenvalue weighted by Gasteiger charge is -2.15. The Hall–Kier alpha value is -0.0500. The highest BCUT2D eigenvalue weighted by Gasteiger charge is 2.14. The minimum Gasteiger partial charge on any atom is -0.229 e. The Morgan fingerprint density at radius 3 is 1.55 bits per heavy atom. The first-order valence-corrected chi connectivity index (χ1v) is 10.7. The second kappa shape index (κ2) is 12.7. The van der Waals surface area contributed by atoms with Gasteiger partial charge < -0.3 is 0 Å². The number of unbranched alkanes of at least 4 members (excludes halogenated alkanes) is 8. The highest BCUT2D eigenvalue weighted by Crippen LogP contribution is 2.20. The Bertz CT molecular complexity index is 296. The minimum absolute atomic E-state index is 0.396. The molecule has 0 heterocycles. The molecule has 1 unspecified atom stereocenters. The van der Waals surface area contributed by atoms with Crippen LogP contribution in [0.15, 0.2) is 0 Å². The van der Waals surface area contributed by atoms with Gasteiger partial charge in [-0.05, 0) is 18.8 Å². The predicted octanol–water partition coefficient (Wildman–Crippen LogP) is 5.37. The maximum atomic E-state index is 11.5. The van der Waals surface area contributed by atoms with Gasteiger partial charge in [-0.3, -0.25) is 0 Å². The van der Waals surface area contributed by atoms with Gasteiger partial charge in [0.25, 0.3) is 0 Å². The molecule has 0 aliphatic carbocycles. The van der Waals surface area contributed by atoms with E-state index in [1.54, 1.807) is 0 Å². The van der Waals surface area contributed by atoms with Crippen molar-refractivity contribution >= 4 is 9.84 Å². The molecule has 0 spiro atoms. The van der Waals surface area contributed by atoms with Gasteiger partial charge in [-0.15, -0.1) is 0 Å². The van der Waals surface area contributed by atoms with Crippen molar-refractivity contribution in [3.8, 4) is 0 Å².